The molecule has 1 saturated carbocycles. The molecule has 2 N–H and O–H groups in total. The van der Waals surface area contributed by atoms with E-state index in [1.807, 2.05) is 6.07 Å². The van der Waals surface area contributed by atoms with Crippen molar-refractivity contribution in [2.24, 2.45) is 5.92 Å². The van der Waals surface area contributed by atoms with Gasteiger partial charge in [-0.05, 0) is 25.0 Å². The van der Waals surface area contributed by atoms with Gasteiger partial charge in [0.2, 0.25) is 0 Å². The summed E-state index contributed by atoms with van der Waals surface area (Å²) in [5, 5.41) is 12.4. The maximum Gasteiger partial charge on any atom is 0.308 e. The minimum atomic E-state index is -0.860. The summed E-state index contributed by atoms with van der Waals surface area (Å²) in [4.78, 5) is 28.3. The van der Waals surface area contributed by atoms with Crippen LogP contribution in [0.2, 0.25) is 5.15 Å². The fourth-order valence-corrected chi connectivity index (χ4v) is 3.45. The van der Waals surface area contributed by atoms with Crippen molar-refractivity contribution in [2.75, 3.05) is 0 Å². The van der Waals surface area contributed by atoms with Crippen molar-refractivity contribution in [2.45, 2.75) is 38.1 Å². The second-order valence-corrected chi connectivity index (χ2v) is 6.20. The normalized spacial score (nSPS) is 21.8. The molecule has 0 saturated heterocycles. The minimum absolute atomic E-state index is 0.120. The van der Waals surface area contributed by atoms with Crippen molar-refractivity contribution in [3.63, 3.8) is 0 Å². The van der Waals surface area contributed by atoms with Crippen LogP contribution in [0.3, 0.4) is 0 Å². The molecular weight excluding hydrogens is 318 g/mol. The first-order valence-corrected chi connectivity index (χ1v) is 8.12. The van der Waals surface area contributed by atoms with Gasteiger partial charge in [-0.1, -0.05) is 36.9 Å². The number of hydrogen-bond donors (Lipinski definition) is 2. The number of pyridine rings is 1. The molecule has 122 valence electrons. The van der Waals surface area contributed by atoms with Gasteiger partial charge in [-0.25, -0.2) is 4.98 Å². The van der Waals surface area contributed by atoms with E-state index in [1.165, 1.54) is 0 Å². The maximum absolute atomic E-state index is 12.6. The highest BCUT2D eigenvalue weighted by Crippen LogP contribution is 2.25. The van der Waals surface area contributed by atoms with Crippen molar-refractivity contribution in [3.8, 4) is 0 Å². The second-order valence-electron chi connectivity index (χ2n) is 5.84. The van der Waals surface area contributed by atoms with E-state index in [2.05, 4.69) is 10.3 Å². The van der Waals surface area contributed by atoms with Crippen molar-refractivity contribution in [1.82, 2.24) is 14.7 Å². The Morgan fingerprint density at radius 2 is 2.04 bits per heavy atom. The number of rotatable bonds is 3. The van der Waals surface area contributed by atoms with E-state index in [0.717, 1.165) is 19.3 Å². The highest BCUT2D eigenvalue weighted by Gasteiger charge is 2.32. The molecule has 3 rings (SSSR count). The predicted molar refractivity (Wildman–Crippen MR) is 85.7 cm³/mol. The SMILES string of the molecule is O=C(N[C@@H]1CCCCC[C@H]1C(=O)O)c1c(Cl)nc2ccccn12. The van der Waals surface area contributed by atoms with Gasteiger partial charge in [0.05, 0.1) is 5.92 Å². The Balaban J connectivity index is 1.87. The molecule has 2 aromatic rings. The molecule has 0 radical (unpaired) electrons. The number of aliphatic carboxylic acids is 1. The van der Waals surface area contributed by atoms with Gasteiger partial charge in [-0.15, -0.1) is 0 Å². The molecule has 1 aliphatic rings. The summed E-state index contributed by atoms with van der Waals surface area (Å²) in [6.45, 7) is 0. The average molecular weight is 336 g/mol. The first-order chi connectivity index (χ1) is 11.1. The number of fused-ring (bicyclic) bond motifs is 1. The molecule has 0 unspecified atom stereocenters. The third-order valence-electron chi connectivity index (χ3n) is 4.35. The van der Waals surface area contributed by atoms with E-state index < -0.39 is 11.9 Å². The van der Waals surface area contributed by atoms with Gasteiger partial charge in [0.1, 0.15) is 5.65 Å². The molecule has 0 aromatic carbocycles. The number of carbonyl (C=O) groups excluding carboxylic acids is 1. The van der Waals surface area contributed by atoms with Crippen LogP contribution in [-0.4, -0.2) is 32.4 Å². The Morgan fingerprint density at radius 1 is 1.26 bits per heavy atom. The molecule has 2 aromatic heterocycles. The summed E-state index contributed by atoms with van der Waals surface area (Å²) in [5.41, 5.74) is 0.828. The zero-order chi connectivity index (χ0) is 16.4. The van der Waals surface area contributed by atoms with Crippen LogP contribution in [0.4, 0.5) is 0 Å². The van der Waals surface area contributed by atoms with Gasteiger partial charge < -0.3 is 10.4 Å². The standard InChI is InChI=1S/C16H18ClN3O3/c17-14-13(20-9-5-4-8-12(20)19-14)15(21)18-11-7-3-1-2-6-10(11)16(22)23/h4-5,8-11H,1-3,6-7H2,(H,18,21)(H,22,23)/t10-,11-/m1/s1. The Hall–Kier alpha value is -2.08. The van der Waals surface area contributed by atoms with Crippen LogP contribution in [0.25, 0.3) is 5.65 Å². The maximum atomic E-state index is 12.6. The highest BCUT2D eigenvalue weighted by molar-refractivity contribution is 6.32. The quantitative estimate of drug-likeness (QED) is 0.845. The Morgan fingerprint density at radius 3 is 2.83 bits per heavy atom. The summed E-state index contributed by atoms with van der Waals surface area (Å²) in [6, 6.07) is 4.97. The van der Waals surface area contributed by atoms with E-state index in [-0.39, 0.29) is 22.8 Å². The lowest BCUT2D eigenvalue weighted by molar-refractivity contribution is -0.142. The molecule has 1 fully saturated rings. The molecule has 0 aliphatic heterocycles. The lowest BCUT2D eigenvalue weighted by atomic mass is 9.95. The number of carbonyl (C=O) groups is 2. The Labute approximate surface area is 138 Å². The molecule has 6 nitrogen and oxygen atoms in total. The van der Waals surface area contributed by atoms with Gasteiger partial charge in [0.15, 0.2) is 10.8 Å². The van der Waals surface area contributed by atoms with Crippen LogP contribution in [0.1, 0.15) is 42.6 Å². The molecular formula is C16H18ClN3O3. The molecule has 2 heterocycles. The van der Waals surface area contributed by atoms with Gasteiger partial charge in [0.25, 0.3) is 5.91 Å². The smallest absolute Gasteiger partial charge is 0.308 e. The number of amides is 1. The monoisotopic (exact) mass is 335 g/mol. The molecule has 2 atom stereocenters. The predicted octanol–water partition coefficient (Wildman–Crippen LogP) is 2.75. The number of imidazole rings is 1. The van der Waals surface area contributed by atoms with Crippen LogP contribution in [-0.2, 0) is 4.79 Å². The first-order valence-electron chi connectivity index (χ1n) is 7.74. The number of carboxylic acids is 1. The molecule has 1 aliphatic carbocycles. The lowest BCUT2D eigenvalue weighted by Crippen LogP contribution is -2.43. The van der Waals surface area contributed by atoms with Crippen LogP contribution >= 0.6 is 11.6 Å². The van der Waals surface area contributed by atoms with Crippen LogP contribution < -0.4 is 5.32 Å². The van der Waals surface area contributed by atoms with E-state index in [9.17, 15) is 14.7 Å². The number of nitrogens with one attached hydrogen (secondary N) is 1. The van der Waals surface area contributed by atoms with E-state index in [1.54, 1.807) is 22.7 Å². The van der Waals surface area contributed by atoms with Crippen molar-refractivity contribution in [1.29, 1.82) is 0 Å². The molecule has 23 heavy (non-hydrogen) atoms. The van der Waals surface area contributed by atoms with Crippen molar-refractivity contribution >= 4 is 29.1 Å². The number of halogens is 1. The van der Waals surface area contributed by atoms with E-state index >= 15 is 0 Å². The topological polar surface area (TPSA) is 83.7 Å². The van der Waals surface area contributed by atoms with E-state index in [4.69, 9.17) is 11.6 Å². The number of aromatic nitrogens is 2. The fourth-order valence-electron chi connectivity index (χ4n) is 3.18. The van der Waals surface area contributed by atoms with E-state index in [0.29, 0.717) is 18.5 Å². The third-order valence-corrected chi connectivity index (χ3v) is 4.62. The number of nitrogens with zero attached hydrogens (tertiary/aromatic N) is 2. The highest BCUT2D eigenvalue weighted by atomic mass is 35.5. The molecule has 1 amide bonds. The van der Waals surface area contributed by atoms with Crippen molar-refractivity contribution < 1.29 is 14.7 Å². The minimum Gasteiger partial charge on any atom is -0.481 e. The van der Waals surface area contributed by atoms with Gasteiger partial charge in [-0.2, -0.15) is 0 Å². The van der Waals surface area contributed by atoms with Gasteiger partial charge in [0, 0.05) is 12.2 Å². The molecule has 7 heteroatoms. The first kappa shape index (κ1) is 15.8. The van der Waals surface area contributed by atoms with Gasteiger partial charge in [-0.3, -0.25) is 14.0 Å². The van der Waals surface area contributed by atoms with Crippen LogP contribution in [0, 0.1) is 5.92 Å². The van der Waals surface area contributed by atoms with Crippen molar-refractivity contribution in [3.05, 3.63) is 35.2 Å². The fraction of sp³-hybridized carbons (Fsp3) is 0.438. The third kappa shape index (κ3) is 3.17. The largest absolute Gasteiger partial charge is 0.481 e. The summed E-state index contributed by atoms with van der Waals surface area (Å²) >= 11 is 6.10. The lowest BCUT2D eigenvalue weighted by Gasteiger charge is -2.22. The number of carboxylic acid groups (broad SMARTS) is 1. The summed E-state index contributed by atoms with van der Waals surface area (Å²) < 4.78 is 1.62. The summed E-state index contributed by atoms with van der Waals surface area (Å²) in [6.07, 6.45) is 5.74. The zero-order valence-corrected chi connectivity index (χ0v) is 13.3. The molecule has 0 bridgehead atoms. The Kier molecular flexibility index (Phi) is 4.52. The average Bonchev–Trinajstić information content (AvgIpc) is 2.68. The number of hydrogen-bond acceptors (Lipinski definition) is 3. The van der Waals surface area contributed by atoms with Crippen LogP contribution in [0.5, 0.6) is 0 Å². The zero-order valence-electron chi connectivity index (χ0n) is 12.5. The van der Waals surface area contributed by atoms with Gasteiger partial charge >= 0.3 is 5.97 Å². The summed E-state index contributed by atoms with van der Waals surface area (Å²) in [5.74, 6) is -1.80. The molecule has 0 spiro atoms. The Bertz CT molecular complexity index is 743. The second kappa shape index (κ2) is 6.58. The van der Waals surface area contributed by atoms with Crippen LogP contribution in [0.15, 0.2) is 24.4 Å². The summed E-state index contributed by atoms with van der Waals surface area (Å²) in [7, 11) is 0.